The molecule has 0 saturated carbocycles. The molecule has 0 aliphatic rings. The highest BCUT2D eigenvalue weighted by molar-refractivity contribution is 5.85. The van der Waals surface area contributed by atoms with Gasteiger partial charge in [0, 0.05) is 13.1 Å². The van der Waals surface area contributed by atoms with Crippen LogP contribution in [0.25, 0.3) is 0 Å². The predicted molar refractivity (Wildman–Crippen MR) is 133 cm³/mol. The first-order valence-corrected chi connectivity index (χ1v) is 12.2. The van der Waals surface area contributed by atoms with Crippen LogP contribution in [-0.4, -0.2) is 130 Å². The lowest BCUT2D eigenvalue weighted by molar-refractivity contribution is -0.143. The van der Waals surface area contributed by atoms with E-state index in [4.69, 9.17) is 11.5 Å². The number of carboxylic acid groups (broad SMARTS) is 4. The van der Waals surface area contributed by atoms with Gasteiger partial charge in [0.15, 0.2) is 0 Å². The molecule has 0 fully saturated rings. The van der Waals surface area contributed by atoms with Crippen molar-refractivity contribution < 1.29 is 49.2 Å². The fourth-order valence-electron chi connectivity index (χ4n) is 3.48. The largest absolute Gasteiger partial charge is 0.480 e. The Labute approximate surface area is 220 Å². The van der Waals surface area contributed by atoms with Gasteiger partial charge in [0.2, 0.25) is 11.8 Å². The highest BCUT2D eigenvalue weighted by atomic mass is 16.4. The van der Waals surface area contributed by atoms with E-state index in [1.54, 1.807) is 0 Å². The number of nitrogens with two attached hydrogens (primary N) is 2. The number of nitrogens with one attached hydrogen (secondary N) is 2. The third-order valence-corrected chi connectivity index (χ3v) is 5.35. The van der Waals surface area contributed by atoms with Gasteiger partial charge in [-0.2, -0.15) is 0 Å². The molecule has 0 aromatic heterocycles. The topological polar surface area (TPSA) is 266 Å². The molecule has 0 aliphatic heterocycles. The second-order valence-electron chi connectivity index (χ2n) is 8.69. The summed E-state index contributed by atoms with van der Waals surface area (Å²) < 4.78 is 0. The van der Waals surface area contributed by atoms with E-state index in [2.05, 4.69) is 10.6 Å². The third-order valence-electron chi connectivity index (χ3n) is 5.35. The number of carbonyl (C=O) groups is 6. The summed E-state index contributed by atoms with van der Waals surface area (Å²) in [5, 5.41) is 41.7. The maximum atomic E-state index is 12.4. The van der Waals surface area contributed by atoms with Gasteiger partial charge in [-0.05, 0) is 51.6 Å². The SMILES string of the molecule is NCCCC[C@@H](NC(=O)CN(CCN(CC(=O)O)CC(=O)N[C@H](CCCCN)C(=O)O)CC(=O)O)C(=O)O. The smallest absolute Gasteiger partial charge is 0.326 e. The summed E-state index contributed by atoms with van der Waals surface area (Å²) in [5.41, 5.74) is 10.8. The average molecular weight is 549 g/mol. The van der Waals surface area contributed by atoms with Crippen LogP contribution in [0, 0.1) is 0 Å². The normalized spacial score (nSPS) is 12.6. The minimum absolute atomic E-state index is 0.141. The molecule has 0 unspecified atom stereocenters. The standard InChI is InChI=1S/C22H40N6O10/c23-7-3-1-5-15(21(35)36)25-17(29)11-27(13-19(31)32)9-10-28(14-20(33)34)12-18(30)26-16(22(37)38)6-2-4-8-24/h15-16H,1-14,23-24H2,(H,25,29)(H,26,30)(H,31,32)(H,33,34)(H,35,36)(H,37,38)/t15-,16-/m1/s1. The molecule has 10 N–H and O–H groups in total. The first-order valence-electron chi connectivity index (χ1n) is 12.2. The van der Waals surface area contributed by atoms with Crippen LogP contribution in [0.2, 0.25) is 0 Å². The fourth-order valence-corrected chi connectivity index (χ4v) is 3.48. The van der Waals surface area contributed by atoms with Crippen molar-refractivity contribution in [1.29, 1.82) is 0 Å². The van der Waals surface area contributed by atoms with Crippen LogP contribution in [0.1, 0.15) is 38.5 Å². The molecule has 16 nitrogen and oxygen atoms in total. The summed E-state index contributed by atoms with van der Waals surface area (Å²) in [6.45, 7) is -1.74. The third kappa shape index (κ3) is 17.2. The number of hydrogen-bond acceptors (Lipinski definition) is 10. The molecule has 218 valence electrons. The van der Waals surface area contributed by atoms with Crippen LogP contribution in [0.15, 0.2) is 0 Å². The van der Waals surface area contributed by atoms with Crippen molar-refractivity contribution in [3.05, 3.63) is 0 Å². The zero-order chi connectivity index (χ0) is 29.1. The van der Waals surface area contributed by atoms with Gasteiger partial charge in [0.05, 0.1) is 26.2 Å². The van der Waals surface area contributed by atoms with Gasteiger partial charge in [0.25, 0.3) is 0 Å². The quantitative estimate of drug-likeness (QED) is 0.0598. The molecule has 2 amide bonds. The summed E-state index contributed by atoms with van der Waals surface area (Å²) in [7, 11) is 0. The van der Waals surface area contributed by atoms with E-state index in [0.717, 1.165) is 9.80 Å². The Morgan fingerprint density at radius 1 is 0.579 bits per heavy atom. The van der Waals surface area contributed by atoms with Crippen LogP contribution >= 0.6 is 0 Å². The molecule has 2 atom stereocenters. The van der Waals surface area contributed by atoms with Crippen molar-refractivity contribution in [2.24, 2.45) is 11.5 Å². The Morgan fingerprint density at radius 3 is 1.18 bits per heavy atom. The van der Waals surface area contributed by atoms with E-state index in [1.165, 1.54) is 0 Å². The second-order valence-corrected chi connectivity index (χ2v) is 8.69. The molecular formula is C22H40N6O10. The summed E-state index contributed by atoms with van der Waals surface area (Å²) in [5.74, 6) is -6.53. The maximum Gasteiger partial charge on any atom is 0.326 e. The number of nitrogens with zero attached hydrogens (tertiary/aromatic N) is 2. The van der Waals surface area contributed by atoms with Gasteiger partial charge in [-0.3, -0.25) is 29.0 Å². The summed E-state index contributed by atoms with van der Waals surface area (Å²) >= 11 is 0. The number of rotatable bonds is 23. The van der Waals surface area contributed by atoms with E-state index in [0.29, 0.717) is 38.8 Å². The molecule has 0 aliphatic carbocycles. The van der Waals surface area contributed by atoms with Crippen molar-refractivity contribution in [2.75, 3.05) is 52.4 Å². The van der Waals surface area contributed by atoms with Gasteiger partial charge >= 0.3 is 23.9 Å². The first kappa shape index (κ1) is 34.7. The Kier molecular flexibility index (Phi) is 18.0. The van der Waals surface area contributed by atoms with Crippen molar-refractivity contribution in [3.63, 3.8) is 0 Å². The Balaban J connectivity index is 5.17. The summed E-state index contributed by atoms with van der Waals surface area (Å²) in [6.07, 6.45) is 2.35. The molecule has 0 bridgehead atoms. The molecule has 0 heterocycles. The number of carbonyl (C=O) groups excluding carboxylic acids is 2. The van der Waals surface area contributed by atoms with E-state index < -0.39 is 74.0 Å². The Bertz CT molecular complexity index is 733. The number of hydrogen-bond donors (Lipinski definition) is 8. The zero-order valence-corrected chi connectivity index (χ0v) is 21.3. The number of aliphatic carboxylic acids is 4. The molecular weight excluding hydrogens is 508 g/mol. The average Bonchev–Trinajstić information content (AvgIpc) is 2.80. The van der Waals surface area contributed by atoms with Gasteiger partial charge in [-0.15, -0.1) is 0 Å². The minimum Gasteiger partial charge on any atom is -0.480 e. The highest BCUT2D eigenvalue weighted by Crippen LogP contribution is 2.03. The lowest BCUT2D eigenvalue weighted by atomic mass is 10.1. The fraction of sp³-hybridized carbons (Fsp3) is 0.727. The lowest BCUT2D eigenvalue weighted by Gasteiger charge is -2.26. The number of amides is 2. The van der Waals surface area contributed by atoms with Crippen LogP contribution in [0.5, 0.6) is 0 Å². The first-order chi connectivity index (χ1) is 17.9. The maximum absolute atomic E-state index is 12.4. The number of carboxylic acids is 4. The molecule has 0 aromatic carbocycles. The van der Waals surface area contributed by atoms with Gasteiger partial charge in [-0.1, -0.05) is 0 Å². The molecule has 0 aromatic rings. The van der Waals surface area contributed by atoms with Crippen LogP contribution < -0.4 is 22.1 Å². The molecule has 0 spiro atoms. The summed E-state index contributed by atoms with van der Waals surface area (Å²) in [6, 6.07) is -2.36. The van der Waals surface area contributed by atoms with Crippen LogP contribution in [0.4, 0.5) is 0 Å². The van der Waals surface area contributed by atoms with E-state index in [-0.39, 0.29) is 25.9 Å². The van der Waals surface area contributed by atoms with Crippen molar-refractivity contribution in [3.8, 4) is 0 Å². The minimum atomic E-state index is -1.28. The number of unbranched alkanes of at least 4 members (excludes halogenated alkanes) is 2. The van der Waals surface area contributed by atoms with Gasteiger partial charge in [0.1, 0.15) is 12.1 Å². The highest BCUT2D eigenvalue weighted by Gasteiger charge is 2.24. The second kappa shape index (κ2) is 19.7. The molecule has 0 saturated heterocycles. The molecule has 16 heteroatoms. The van der Waals surface area contributed by atoms with E-state index in [9.17, 15) is 49.2 Å². The monoisotopic (exact) mass is 548 g/mol. The summed E-state index contributed by atoms with van der Waals surface area (Å²) in [4.78, 5) is 72.5. The van der Waals surface area contributed by atoms with Gasteiger partial charge < -0.3 is 42.5 Å². The van der Waals surface area contributed by atoms with E-state index >= 15 is 0 Å². The van der Waals surface area contributed by atoms with Crippen molar-refractivity contribution >= 4 is 35.7 Å². The van der Waals surface area contributed by atoms with Crippen LogP contribution in [0.3, 0.4) is 0 Å². The lowest BCUT2D eigenvalue weighted by Crippen LogP contribution is -2.50. The molecule has 0 rings (SSSR count). The predicted octanol–water partition coefficient (Wildman–Crippen LogP) is -2.84. The Morgan fingerprint density at radius 2 is 0.921 bits per heavy atom. The van der Waals surface area contributed by atoms with Crippen molar-refractivity contribution in [1.82, 2.24) is 20.4 Å². The molecule has 38 heavy (non-hydrogen) atoms. The zero-order valence-electron chi connectivity index (χ0n) is 21.3. The molecule has 0 radical (unpaired) electrons. The van der Waals surface area contributed by atoms with Crippen LogP contribution in [-0.2, 0) is 28.8 Å². The van der Waals surface area contributed by atoms with E-state index in [1.807, 2.05) is 0 Å². The Hall–Kier alpha value is -3.34. The van der Waals surface area contributed by atoms with Gasteiger partial charge in [-0.25, -0.2) is 9.59 Å². The van der Waals surface area contributed by atoms with Crippen molar-refractivity contribution in [2.45, 2.75) is 50.6 Å².